The summed E-state index contributed by atoms with van der Waals surface area (Å²) in [6.45, 7) is 0. The quantitative estimate of drug-likeness (QED) is 0.165. The van der Waals surface area contributed by atoms with E-state index in [1.54, 1.807) is 0 Å². The minimum atomic E-state index is 1.11. The summed E-state index contributed by atoms with van der Waals surface area (Å²) in [4.78, 5) is 2.38. The number of rotatable bonds is 7. The molecule has 0 unspecified atom stereocenters. The van der Waals surface area contributed by atoms with Crippen LogP contribution in [0.3, 0.4) is 0 Å². The zero-order valence-electron chi connectivity index (χ0n) is 27.4. The second kappa shape index (κ2) is 13.0. The van der Waals surface area contributed by atoms with Crippen LogP contribution in [0.15, 0.2) is 200 Å². The molecule has 1 aromatic heterocycles. The van der Waals surface area contributed by atoms with Gasteiger partial charge in [0.05, 0.1) is 5.69 Å². The first-order valence-electron chi connectivity index (χ1n) is 17.0. The van der Waals surface area contributed by atoms with Gasteiger partial charge in [-0.25, -0.2) is 0 Å². The van der Waals surface area contributed by atoms with Gasteiger partial charge in [-0.05, 0) is 69.8 Å². The first kappa shape index (κ1) is 29.9. The lowest BCUT2D eigenvalue weighted by atomic mass is 9.92. The molecule has 0 saturated heterocycles. The topological polar surface area (TPSA) is 3.24 Å². The zero-order chi connectivity index (χ0) is 33.3. The molecule has 0 radical (unpaired) electrons. The van der Waals surface area contributed by atoms with Gasteiger partial charge in [0.2, 0.25) is 0 Å². The third-order valence-corrected chi connectivity index (χ3v) is 10.7. The van der Waals surface area contributed by atoms with Crippen LogP contribution in [0.2, 0.25) is 0 Å². The van der Waals surface area contributed by atoms with Gasteiger partial charge in [-0.3, -0.25) is 0 Å². The number of fused-ring (bicyclic) bond motifs is 3. The zero-order valence-corrected chi connectivity index (χ0v) is 28.2. The third-order valence-electron chi connectivity index (χ3n) is 9.51. The Kier molecular flexibility index (Phi) is 7.77. The van der Waals surface area contributed by atoms with E-state index in [9.17, 15) is 0 Å². The predicted octanol–water partition coefficient (Wildman–Crippen LogP) is 14.2. The molecule has 0 aliphatic heterocycles. The monoisotopic (exact) mass is 655 g/mol. The second-order valence-electron chi connectivity index (χ2n) is 12.5. The van der Waals surface area contributed by atoms with Crippen LogP contribution in [0, 0.1) is 0 Å². The predicted molar refractivity (Wildman–Crippen MR) is 216 cm³/mol. The van der Waals surface area contributed by atoms with Crippen LogP contribution in [0.1, 0.15) is 0 Å². The van der Waals surface area contributed by atoms with Crippen LogP contribution in [-0.2, 0) is 0 Å². The molecule has 0 fully saturated rings. The highest BCUT2D eigenvalue weighted by molar-refractivity contribution is 7.26. The van der Waals surface area contributed by atoms with Crippen molar-refractivity contribution >= 4 is 48.6 Å². The van der Waals surface area contributed by atoms with Crippen LogP contribution in [0.25, 0.3) is 64.7 Å². The maximum Gasteiger partial charge on any atom is 0.0540 e. The van der Waals surface area contributed by atoms with E-state index in [1.165, 1.54) is 64.7 Å². The van der Waals surface area contributed by atoms with Crippen LogP contribution in [-0.4, -0.2) is 0 Å². The molecule has 9 aromatic rings. The van der Waals surface area contributed by atoms with Gasteiger partial charge in [-0.1, -0.05) is 164 Å². The lowest BCUT2D eigenvalue weighted by Crippen LogP contribution is -2.11. The second-order valence-corrected chi connectivity index (χ2v) is 13.6. The van der Waals surface area contributed by atoms with Gasteiger partial charge in [0.1, 0.15) is 0 Å². The molecule has 50 heavy (non-hydrogen) atoms. The molecule has 1 heterocycles. The van der Waals surface area contributed by atoms with Crippen molar-refractivity contribution in [3.05, 3.63) is 200 Å². The minimum Gasteiger partial charge on any atom is -0.310 e. The van der Waals surface area contributed by atoms with Gasteiger partial charge in [-0.15, -0.1) is 11.3 Å². The van der Waals surface area contributed by atoms with Gasteiger partial charge in [0.25, 0.3) is 0 Å². The highest BCUT2D eigenvalue weighted by Crippen LogP contribution is 2.46. The SMILES string of the molecule is c1ccc(-c2ccc(N(c3ccc(-c4ccc5c(sc6ccccc65)c4-c4ccccc4)cc3)c3ccccc3-c3ccccc3)cc2)cc1. The number of hydrogen-bond donors (Lipinski definition) is 0. The molecule has 0 amide bonds. The van der Waals surface area contributed by atoms with E-state index in [2.05, 4.69) is 205 Å². The molecule has 1 nitrogen and oxygen atoms in total. The molecule has 236 valence electrons. The first-order valence-corrected chi connectivity index (χ1v) is 17.8. The largest absolute Gasteiger partial charge is 0.310 e. The van der Waals surface area contributed by atoms with Crippen molar-refractivity contribution in [2.24, 2.45) is 0 Å². The van der Waals surface area contributed by atoms with E-state index in [4.69, 9.17) is 0 Å². The van der Waals surface area contributed by atoms with Crippen molar-refractivity contribution in [2.45, 2.75) is 0 Å². The van der Waals surface area contributed by atoms with Crippen molar-refractivity contribution in [3.63, 3.8) is 0 Å². The van der Waals surface area contributed by atoms with E-state index in [1.807, 2.05) is 11.3 Å². The third kappa shape index (κ3) is 5.46. The minimum absolute atomic E-state index is 1.11. The maximum absolute atomic E-state index is 2.38. The summed E-state index contributed by atoms with van der Waals surface area (Å²) >= 11 is 1.89. The number of thiophene rings is 1. The molecule has 2 heteroatoms. The molecule has 0 spiro atoms. The number of para-hydroxylation sites is 1. The fourth-order valence-corrected chi connectivity index (χ4v) is 8.37. The number of nitrogens with zero attached hydrogens (tertiary/aromatic N) is 1. The van der Waals surface area contributed by atoms with Crippen LogP contribution in [0.4, 0.5) is 17.1 Å². The van der Waals surface area contributed by atoms with Gasteiger partial charge >= 0.3 is 0 Å². The van der Waals surface area contributed by atoms with E-state index >= 15 is 0 Å². The molecule has 8 aromatic carbocycles. The standard InChI is InChI=1S/C48H33NS/c1-4-14-34(15-5-1)35-24-28-39(29-25-35)49(45-22-12-10-20-41(45)36-16-6-2-7-17-36)40-30-26-37(27-31-40)42-32-33-44-43-21-11-13-23-46(43)50-48(44)47(42)38-18-8-3-9-19-38/h1-33H. The molecular weight excluding hydrogens is 623 g/mol. The molecule has 0 aliphatic rings. The summed E-state index contributed by atoms with van der Waals surface area (Å²) in [7, 11) is 0. The van der Waals surface area contributed by atoms with Gasteiger partial charge < -0.3 is 4.90 Å². The Hall–Kier alpha value is -6.22. The number of benzene rings is 8. The maximum atomic E-state index is 2.38. The lowest BCUT2D eigenvalue weighted by molar-refractivity contribution is 1.28. The van der Waals surface area contributed by atoms with Gasteiger partial charge in [0.15, 0.2) is 0 Å². The van der Waals surface area contributed by atoms with E-state index in [0.29, 0.717) is 0 Å². The first-order chi connectivity index (χ1) is 24.8. The molecular formula is C48H33NS. The van der Waals surface area contributed by atoms with E-state index in [0.717, 1.165) is 17.1 Å². The Morgan fingerprint density at radius 1 is 0.320 bits per heavy atom. The molecule has 0 aliphatic carbocycles. The van der Waals surface area contributed by atoms with E-state index in [-0.39, 0.29) is 0 Å². The molecule has 9 rings (SSSR count). The summed E-state index contributed by atoms with van der Waals surface area (Å²) in [5.74, 6) is 0. The fourth-order valence-electron chi connectivity index (χ4n) is 7.10. The van der Waals surface area contributed by atoms with Crippen molar-refractivity contribution in [2.75, 3.05) is 4.90 Å². The summed E-state index contributed by atoms with van der Waals surface area (Å²) in [5.41, 5.74) is 13.1. The number of anilines is 3. The smallest absolute Gasteiger partial charge is 0.0540 e. The summed E-state index contributed by atoms with van der Waals surface area (Å²) in [6, 6.07) is 72.2. The molecule has 0 saturated carbocycles. The highest BCUT2D eigenvalue weighted by atomic mass is 32.1. The Morgan fingerprint density at radius 2 is 0.820 bits per heavy atom. The fraction of sp³-hybridized carbons (Fsp3) is 0. The number of hydrogen-bond acceptors (Lipinski definition) is 2. The molecule has 0 bridgehead atoms. The summed E-state index contributed by atoms with van der Waals surface area (Å²) in [6.07, 6.45) is 0. The van der Waals surface area contributed by atoms with Gasteiger partial charge in [0, 0.05) is 42.7 Å². The Labute approximate surface area is 297 Å². The average Bonchev–Trinajstić information content (AvgIpc) is 3.58. The lowest BCUT2D eigenvalue weighted by Gasteiger charge is -2.28. The van der Waals surface area contributed by atoms with Crippen LogP contribution >= 0.6 is 11.3 Å². The van der Waals surface area contributed by atoms with Crippen molar-refractivity contribution in [1.82, 2.24) is 0 Å². The van der Waals surface area contributed by atoms with Crippen LogP contribution < -0.4 is 4.90 Å². The normalized spacial score (nSPS) is 11.2. The average molecular weight is 656 g/mol. The van der Waals surface area contributed by atoms with E-state index < -0.39 is 0 Å². The van der Waals surface area contributed by atoms with Crippen molar-refractivity contribution in [3.8, 4) is 44.5 Å². The summed E-state index contributed by atoms with van der Waals surface area (Å²) in [5, 5.41) is 2.63. The molecule has 0 atom stereocenters. The highest BCUT2D eigenvalue weighted by Gasteiger charge is 2.19. The Balaban J connectivity index is 1.19. The Bertz CT molecular complexity index is 2550. The van der Waals surface area contributed by atoms with Crippen molar-refractivity contribution in [1.29, 1.82) is 0 Å². The van der Waals surface area contributed by atoms with Crippen LogP contribution in [0.5, 0.6) is 0 Å². The van der Waals surface area contributed by atoms with Gasteiger partial charge in [-0.2, -0.15) is 0 Å². The molecule has 0 N–H and O–H groups in total. The Morgan fingerprint density at radius 3 is 1.50 bits per heavy atom. The van der Waals surface area contributed by atoms with Crippen molar-refractivity contribution < 1.29 is 0 Å². The summed E-state index contributed by atoms with van der Waals surface area (Å²) < 4.78 is 2.65.